The molecule has 1 heterocycles. The molecule has 0 saturated carbocycles. The summed E-state index contributed by atoms with van der Waals surface area (Å²) in [4.78, 5) is 54.9. The third-order valence-corrected chi connectivity index (χ3v) is 9.14. The zero-order valence-electron chi connectivity index (χ0n) is 30.4. The lowest BCUT2D eigenvalue weighted by Crippen LogP contribution is -2.60. The summed E-state index contributed by atoms with van der Waals surface area (Å²) in [5.41, 5.74) is 2.32. The van der Waals surface area contributed by atoms with Crippen molar-refractivity contribution in [1.82, 2.24) is 47.9 Å². The molecule has 1 aliphatic heterocycles. The molecule has 3 rings (SSSR count). The van der Waals surface area contributed by atoms with E-state index >= 15 is 0 Å². The average molecular weight is 712 g/mol. The predicted molar refractivity (Wildman–Crippen MR) is 197 cm³/mol. The molecule has 0 unspecified atom stereocenters. The van der Waals surface area contributed by atoms with Gasteiger partial charge in [-0.2, -0.15) is 0 Å². The first-order chi connectivity index (χ1) is 24.5. The monoisotopic (exact) mass is 711 g/mol. The molecule has 0 radical (unpaired) electrons. The molecule has 0 aromatic heterocycles. The van der Waals surface area contributed by atoms with Crippen molar-refractivity contribution in [3.05, 3.63) is 47.5 Å². The largest absolute Gasteiger partial charge is 0.508 e. The summed E-state index contributed by atoms with van der Waals surface area (Å²) >= 11 is 0. The smallest absolute Gasteiger partial charge is 0.243 e. The number of phenols is 2. The Morgan fingerprint density at radius 3 is 2.02 bits per heavy atom. The fourth-order valence-electron chi connectivity index (χ4n) is 6.03. The molecule has 4 amide bonds. The second-order valence-electron chi connectivity index (χ2n) is 12.9. The summed E-state index contributed by atoms with van der Waals surface area (Å²) in [7, 11) is 8.80. The highest BCUT2D eigenvalue weighted by atomic mass is 16.3. The average Bonchev–Trinajstić information content (AvgIpc) is 3.12. The normalized spacial score (nSPS) is 19.1. The molecule has 2 aromatic rings. The standard InChI is InChI=1S/C36H57N9O6/c1-37-14-6-8-26(40-4)20-42-33(48)30(21-39-3)45-36(51)29-19-25-17-23(11-13-32(25)47)22-10-12-31(46)24(16-22)18-28(41-5)35(50)43-27(34(49)44-29)9-7-15-38-2/h10-13,16-17,26-30,37-41,46-47H,6-9,14-15,18-21H2,1-5H3,(H,42,48)(H,43,50)(H,44,49)(H,45,51)/t26-,27-,28-,29-,30-/m0/s1. The van der Waals surface area contributed by atoms with Crippen molar-refractivity contribution >= 4 is 23.6 Å². The molecule has 5 atom stereocenters. The van der Waals surface area contributed by atoms with E-state index in [-0.39, 0.29) is 43.3 Å². The van der Waals surface area contributed by atoms with Gasteiger partial charge in [-0.05, 0) is 121 Å². The lowest BCUT2D eigenvalue weighted by molar-refractivity contribution is -0.134. The van der Waals surface area contributed by atoms with Gasteiger partial charge in [0.25, 0.3) is 0 Å². The highest BCUT2D eigenvalue weighted by Crippen LogP contribution is 2.31. The molecular formula is C36H57N9O6. The zero-order valence-corrected chi connectivity index (χ0v) is 30.4. The fourth-order valence-corrected chi connectivity index (χ4v) is 6.03. The zero-order chi connectivity index (χ0) is 37.3. The second kappa shape index (κ2) is 21.2. The third-order valence-electron chi connectivity index (χ3n) is 9.14. The second-order valence-corrected chi connectivity index (χ2v) is 12.9. The van der Waals surface area contributed by atoms with E-state index in [9.17, 15) is 29.4 Å². The van der Waals surface area contributed by atoms with Gasteiger partial charge >= 0.3 is 0 Å². The van der Waals surface area contributed by atoms with Gasteiger partial charge in [-0.3, -0.25) is 19.2 Å². The van der Waals surface area contributed by atoms with Crippen molar-refractivity contribution < 1.29 is 29.4 Å². The summed E-state index contributed by atoms with van der Waals surface area (Å²) in [5.74, 6) is -2.12. The summed E-state index contributed by atoms with van der Waals surface area (Å²) in [6.07, 6.45) is 2.61. The van der Waals surface area contributed by atoms with Crippen molar-refractivity contribution in [3.8, 4) is 22.6 Å². The number of aromatic hydroxyl groups is 2. The number of hydrogen-bond acceptors (Lipinski definition) is 11. The van der Waals surface area contributed by atoms with Crippen LogP contribution in [0.2, 0.25) is 0 Å². The summed E-state index contributed by atoms with van der Waals surface area (Å²) in [5, 5.41) is 48.3. The molecule has 15 nitrogen and oxygen atoms in total. The van der Waals surface area contributed by atoms with Crippen molar-refractivity contribution in [2.45, 2.75) is 68.7 Å². The van der Waals surface area contributed by atoms with Gasteiger partial charge in [-0.1, -0.05) is 12.1 Å². The SMILES string of the molecule is CNCCC[C@@H](CNC(=O)[C@H](CNC)NC(=O)[C@@H]1Cc2cc(ccc2O)-c2ccc(O)c(c2)C[C@H](NC)C(=O)N[C@@H](CCCNC)C(=O)N1)NC. The number of carbonyl (C=O) groups excluding carboxylic acids is 4. The number of carbonyl (C=O) groups is 4. The quantitative estimate of drug-likeness (QED) is 0.0879. The molecule has 0 saturated heterocycles. The van der Waals surface area contributed by atoms with E-state index < -0.39 is 47.8 Å². The van der Waals surface area contributed by atoms with Crippen LogP contribution in [0.4, 0.5) is 0 Å². The Bertz CT molecular complexity index is 1460. The van der Waals surface area contributed by atoms with Crippen LogP contribution in [0.25, 0.3) is 11.1 Å². The molecule has 0 spiro atoms. The molecule has 11 N–H and O–H groups in total. The van der Waals surface area contributed by atoms with Crippen molar-refractivity contribution in [3.63, 3.8) is 0 Å². The number of likely N-dealkylation sites (N-methyl/N-ethyl adjacent to an activating group) is 3. The Labute approximate surface area is 300 Å². The van der Waals surface area contributed by atoms with E-state index in [0.29, 0.717) is 36.2 Å². The molecule has 4 bridgehead atoms. The van der Waals surface area contributed by atoms with Gasteiger partial charge in [0.15, 0.2) is 0 Å². The maximum Gasteiger partial charge on any atom is 0.243 e. The number of benzene rings is 2. The van der Waals surface area contributed by atoms with E-state index in [2.05, 4.69) is 47.9 Å². The molecule has 51 heavy (non-hydrogen) atoms. The fraction of sp³-hybridized carbons (Fsp3) is 0.556. The molecule has 0 fully saturated rings. The Morgan fingerprint density at radius 1 is 0.804 bits per heavy atom. The number of amides is 4. The molecule has 0 aliphatic carbocycles. The molecular weight excluding hydrogens is 654 g/mol. The van der Waals surface area contributed by atoms with Gasteiger partial charge in [0.2, 0.25) is 23.6 Å². The Hall–Kier alpha value is -4.28. The van der Waals surface area contributed by atoms with Crippen molar-refractivity contribution in [2.75, 3.05) is 61.4 Å². The summed E-state index contributed by atoms with van der Waals surface area (Å²) < 4.78 is 0. The number of phenolic OH excluding ortho intramolecular Hbond substituents is 2. The highest BCUT2D eigenvalue weighted by molar-refractivity contribution is 5.95. The maximum absolute atomic E-state index is 14.0. The van der Waals surface area contributed by atoms with Gasteiger partial charge in [0.05, 0.1) is 6.04 Å². The highest BCUT2D eigenvalue weighted by Gasteiger charge is 2.32. The van der Waals surface area contributed by atoms with E-state index in [1.165, 1.54) is 6.07 Å². The minimum Gasteiger partial charge on any atom is -0.508 e. The number of rotatable bonds is 17. The van der Waals surface area contributed by atoms with E-state index in [4.69, 9.17) is 0 Å². The molecule has 1 aliphatic rings. The first kappa shape index (κ1) is 41.1. The Morgan fingerprint density at radius 2 is 1.43 bits per heavy atom. The van der Waals surface area contributed by atoms with Crippen LogP contribution in [0.3, 0.4) is 0 Å². The predicted octanol–water partition coefficient (Wildman–Crippen LogP) is -1.17. The van der Waals surface area contributed by atoms with Crippen molar-refractivity contribution in [1.29, 1.82) is 0 Å². The lowest BCUT2D eigenvalue weighted by Gasteiger charge is -2.27. The lowest BCUT2D eigenvalue weighted by atomic mass is 9.95. The summed E-state index contributed by atoms with van der Waals surface area (Å²) in [6, 6.07) is 6.08. The van der Waals surface area contributed by atoms with E-state index in [1.54, 1.807) is 51.5 Å². The van der Waals surface area contributed by atoms with Crippen LogP contribution in [-0.4, -0.2) is 125 Å². The van der Waals surface area contributed by atoms with Crippen LogP contribution in [0.5, 0.6) is 11.5 Å². The van der Waals surface area contributed by atoms with E-state index in [1.807, 2.05) is 14.1 Å². The van der Waals surface area contributed by atoms with Crippen LogP contribution in [-0.2, 0) is 32.0 Å². The minimum atomic E-state index is -1.22. The third kappa shape index (κ3) is 12.5. The number of fused-ring (bicyclic) bond motifs is 5. The molecule has 282 valence electrons. The number of nitrogens with one attached hydrogen (secondary N) is 9. The van der Waals surface area contributed by atoms with Crippen molar-refractivity contribution in [2.24, 2.45) is 0 Å². The molecule has 2 aromatic carbocycles. The maximum atomic E-state index is 14.0. The number of hydrogen-bond donors (Lipinski definition) is 11. The molecule has 15 heteroatoms. The summed E-state index contributed by atoms with van der Waals surface area (Å²) in [6.45, 7) is 1.92. The van der Waals surface area contributed by atoms with Crippen LogP contribution in [0.15, 0.2) is 36.4 Å². The Balaban J connectivity index is 1.98. The van der Waals surface area contributed by atoms with Gasteiger partial charge < -0.3 is 58.1 Å². The van der Waals surface area contributed by atoms with Crippen LogP contribution >= 0.6 is 0 Å². The van der Waals surface area contributed by atoms with Gasteiger partial charge in [-0.25, -0.2) is 0 Å². The first-order valence-electron chi connectivity index (χ1n) is 17.7. The van der Waals surface area contributed by atoms with Crippen LogP contribution in [0.1, 0.15) is 36.8 Å². The first-order valence-corrected chi connectivity index (χ1v) is 17.7. The minimum absolute atomic E-state index is 0.0191. The van der Waals surface area contributed by atoms with Crippen LogP contribution < -0.4 is 47.9 Å². The van der Waals surface area contributed by atoms with Gasteiger partial charge in [-0.15, -0.1) is 0 Å². The van der Waals surface area contributed by atoms with E-state index in [0.717, 1.165) is 24.9 Å². The van der Waals surface area contributed by atoms with Gasteiger partial charge in [0.1, 0.15) is 29.6 Å². The van der Waals surface area contributed by atoms with Crippen LogP contribution in [0, 0.1) is 0 Å². The van der Waals surface area contributed by atoms with Gasteiger partial charge in [0, 0.05) is 32.0 Å². The topological polar surface area (TPSA) is 217 Å². The Kier molecular flexibility index (Phi) is 17.1.